The number of carbonyl (C=O) groups excluding carboxylic acids is 2. The number of carbonyl (C=O) groups is 2. The van der Waals surface area contributed by atoms with E-state index < -0.39 is 29.8 Å². The van der Waals surface area contributed by atoms with Crippen molar-refractivity contribution in [1.82, 2.24) is 14.9 Å². The molecule has 2 atom stereocenters. The average Bonchev–Trinajstić information content (AvgIpc) is 3.20. The topological polar surface area (TPSA) is 84.5 Å². The van der Waals surface area contributed by atoms with Crippen molar-refractivity contribution in [3.63, 3.8) is 0 Å². The summed E-state index contributed by atoms with van der Waals surface area (Å²) in [5.41, 5.74) is 1.11. The minimum Gasteiger partial charge on any atom is -0.453 e. The first-order chi connectivity index (χ1) is 12.2. The minimum absolute atomic E-state index is 0.429. The van der Waals surface area contributed by atoms with Crippen molar-refractivity contribution >= 4 is 23.1 Å². The molecule has 7 nitrogen and oxygen atoms in total. The van der Waals surface area contributed by atoms with E-state index >= 15 is 0 Å². The zero-order chi connectivity index (χ0) is 18.9. The molecule has 0 aliphatic carbocycles. The number of benzene rings is 1. The van der Waals surface area contributed by atoms with Crippen LogP contribution >= 0.6 is 0 Å². The summed E-state index contributed by atoms with van der Waals surface area (Å²) in [7, 11) is 0. The maximum atomic E-state index is 12.6. The first-order valence-corrected chi connectivity index (χ1v) is 8.89. The van der Waals surface area contributed by atoms with Crippen LogP contribution in [0.3, 0.4) is 0 Å². The van der Waals surface area contributed by atoms with Gasteiger partial charge in [-0.1, -0.05) is 12.1 Å². The van der Waals surface area contributed by atoms with Crippen molar-refractivity contribution in [2.24, 2.45) is 0 Å². The summed E-state index contributed by atoms with van der Waals surface area (Å²) >= 11 is 0. The number of aromatic amines is 1. The molecule has 0 unspecified atom stereocenters. The molecule has 3 rings (SSSR count). The molecular formula is C19H25N3O4. The molecule has 0 bridgehead atoms. The van der Waals surface area contributed by atoms with Crippen molar-refractivity contribution in [2.45, 2.75) is 58.3 Å². The van der Waals surface area contributed by atoms with E-state index in [9.17, 15) is 9.59 Å². The van der Waals surface area contributed by atoms with Gasteiger partial charge < -0.3 is 14.5 Å². The van der Waals surface area contributed by atoms with Gasteiger partial charge in [0.25, 0.3) is 0 Å². The number of aromatic nitrogens is 2. The Hall–Kier alpha value is -2.57. The standard InChI is InChI=1S/C19H25N3O4/c1-12(16-20-13-8-5-6-9-14(13)21-16)25-17(23)15-10-7-11-22(15)18(24)26-19(2,3)4/h5-6,8-9,12,15H,7,10-11H2,1-4H3,(H,20,21)/t12-,15+/m1/s1. The third-order valence-electron chi connectivity index (χ3n) is 4.24. The lowest BCUT2D eigenvalue weighted by Gasteiger charge is -2.28. The van der Waals surface area contributed by atoms with E-state index in [1.54, 1.807) is 27.7 Å². The molecule has 1 saturated heterocycles. The van der Waals surface area contributed by atoms with Gasteiger partial charge in [-0.3, -0.25) is 4.90 Å². The maximum absolute atomic E-state index is 12.6. The SMILES string of the molecule is C[C@@H](OC(=O)[C@@H]1CCCN1C(=O)OC(C)(C)C)c1nc2ccccc2[nH]1. The Labute approximate surface area is 152 Å². The summed E-state index contributed by atoms with van der Waals surface area (Å²) < 4.78 is 11.0. The number of fused-ring (bicyclic) bond motifs is 1. The van der Waals surface area contributed by atoms with Gasteiger partial charge in [-0.15, -0.1) is 0 Å². The van der Waals surface area contributed by atoms with Crippen LogP contribution in [0, 0.1) is 0 Å². The fraction of sp³-hybridized carbons (Fsp3) is 0.526. The minimum atomic E-state index is -0.614. The van der Waals surface area contributed by atoms with Crippen molar-refractivity contribution < 1.29 is 19.1 Å². The van der Waals surface area contributed by atoms with Crippen molar-refractivity contribution in [3.05, 3.63) is 30.1 Å². The predicted molar refractivity (Wildman–Crippen MR) is 96.6 cm³/mol. The summed E-state index contributed by atoms with van der Waals surface area (Å²) in [4.78, 5) is 34.0. The summed E-state index contributed by atoms with van der Waals surface area (Å²) in [6, 6.07) is 7.02. The second-order valence-corrected chi connectivity index (χ2v) is 7.55. The molecule has 1 fully saturated rings. The maximum Gasteiger partial charge on any atom is 0.411 e. The number of nitrogens with zero attached hydrogens (tertiary/aromatic N) is 2. The van der Waals surface area contributed by atoms with Crippen LogP contribution in [0.1, 0.15) is 52.5 Å². The van der Waals surface area contributed by atoms with E-state index in [0.29, 0.717) is 18.8 Å². The van der Waals surface area contributed by atoms with E-state index in [-0.39, 0.29) is 0 Å². The normalized spacial score (nSPS) is 18.8. The molecule has 0 radical (unpaired) electrons. The van der Waals surface area contributed by atoms with Gasteiger partial charge in [-0.25, -0.2) is 14.6 Å². The summed E-state index contributed by atoms with van der Waals surface area (Å²) in [6.45, 7) is 7.67. The molecule has 140 valence electrons. The van der Waals surface area contributed by atoms with Gasteiger partial charge in [-0.2, -0.15) is 0 Å². The molecule has 0 saturated carbocycles. The molecular weight excluding hydrogens is 334 g/mol. The fourth-order valence-electron chi connectivity index (χ4n) is 3.02. The van der Waals surface area contributed by atoms with Gasteiger partial charge in [-0.05, 0) is 52.7 Å². The number of rotatable bonds is 3. The molecule has 1 aliphatic heterocycles. The molecule has 1 aliphatic rings. The van der Waals surface area contributed by atoms with Gasteiger partial charge in [0.2, 0.25) is 0 Å². The number of ether oxygens (including phenoxy) is 2. The largest absolute Gasteiger partial charge is 0.453 e. The van der Waals surface area contributed by atoms with E-state index in [2.05, 4.69) is 9.97 Å². The van der Waals surface area contributed by atoms with Gasteiger partial charge in [0.15, 0.2) is 6.10 Å². The van der Waals surface area contributed by atoms with Crippen LogP contribution in [0.2, 0.25) is 0 Å². The Kier molecular flexibility index (Phi) is 4.89. The van der Waals surface area contributed by atoms with Crippen LogP contribution in [-0.4, -0.2) is 45.1 Å². The predicted octanol–water partition coefficient (Wildman–Crippen LogP) is 3.57. The third-order valence-corrected chi connectivity index (χ3v) is 4.24. The molecule has 0 spiro atoms. The van der Waals surface area contributed by atoms with Crippen LogP contribution in [0.5, 0.6) is 0 Å². The highest BCUT2D eigenvalue weighted by atomic mass is 16.6. The monoisotopic (exact) mass is 359 g/mol. The summed E-state index contributed by atoms with van der Waals surface area (Å²) in [5.74, 6) is 0.155. The highest BCUT2D eigenvalue weighted by Gasteiger charge is 2.38. The zero-order valence-corrected chi connectivity index (χ0v) is 15.6. The van der Waals surface area contributed by atoms with Crippen LogP contribution in [0.15, 0.2) is 24.3 Å². The number of H-pyrrole nitrogens is 1. The van der Waals surface area contributed by atoms with Crippen LogP contribution in [0.25, 0.3) is 11.0 Å². The van der Waals surface area contributed by atoms with Crippen molar-refractivity contribution in [2.75, 3.05) is 6.54 Å². The van der Waals surface area contributed by atoms with E-state index in [1.807, 2.05) is 24.3 Å². The second kappa shape index (κ2) is 6.97. The number of amides is 1. The van der Waals surface area contributed by atoms with Gasteiger partial charge in [0.05, 0.1) is 11.0 Å². The number of para-hydroxylation sites is 2. The summed E-state index contributed by atoms with van der Waals surface area (Å²) in [6.07, 6.45) is 0.312. The van der Waals surface area contributed by atoms with Gasteiger partial charge >= 0.3 is 12.1 Å². The highest BCUT2D eigenvalue weighted by molar-refractivity contribution is 5.82. The Morgan fingerprint density at radius 2 is 2.04 bits per heavy atom. The molecule has 26 heavy (non-hydrogen) atoms. The fourth-order valence-corrected chi connectivity index (χ4v) is 3.02. The van der Waals surface area contributed by atoms with Crippen LogP contribution < -0.4 is 0 Å². The quantitative estimate of drug-likeness (QED) is 0.847. The lowest BCUT2D eigenvalue weighted by atomic mass is 10.2. The Balaban J connectivity index is 1.67. The van der Waals surface area contributed by atoms with Crippen molar-refractivity contribution in [3.8, 4) is 0 Å². The highest BCUT2D eigenvalue weighted by Crippen LogP contribution is 2.25. The number of hydrogen-bond donors (Lipinski definition) is 1. The Morgan fingerprint density at radius 1 is 1.31 bits per heavy atom. The molecule has 2 aromatic rings. The smallest absolute Gasteiger partial charge is 0.411 e. The number of imidazole rings is 1. The number of esters is 1. The van der Waals surface area contributed by atoms with Gasteiger partial charge in [0.1, 0.15) is 17.5 Å². The molecule has 7 heteroatoms. The molecule has 1 amide bonds. The van der Waals surface area contributed by atoms with E-state index in [1.165, 1.54) is 4.90 Å². The first-order valence-electron chi connectivity index (χ1n) is 8.89. The lowest BCUT2D eigenvalue weighted by molar-refractivity contribution is -0.154. The van der Waals surface area contributed by atoms with E-state index in [4.69, 9.17) is 9.47 Å². The Bertz CT molecular complexity index is 775. The lowest BCUT2D eigenvalue weighted by Crippen LogP contribution is -2.44. The van der Waals surface area contributed by atoms with Crippen molar-refractivity contribution in [1.29, 1.82) is 0 Å². The zero-order valence-electron chi connectivity index (χ0n) is 15.6. The van der Waals surface area contributed by atoms with E-state index in [0.717, 1.165) is 17.5 Å². The molecule has 2 heterocycles. The summed E-state index contributed by atoms with van der Waals surface area (Å²) in [5, 5.41) is 0. The number of likely N-dealkylation sites (tertiary alicyclic amines) is 1. The van der Waals surface area contributed by atoms with Crippen LogP contribution in [0.4, 0.5) is 4.79 Å². The van der Waals surface area contributed by atoms with Crippen LogP contribution in [-0.2, 0) is 14.3 Å². The number of nitrogens with one attached hydrogen (secondary N) is 1. The van der Waals surface area contributed by atoms with Gasteiger partial charge in [0, 0.05) is 6.54 Å². The first kappa shape index (κ1) is 18.2. The molecule has 1 aromatic heterocycles. The average molecular weight is 359 g/mol. The second-order valence-electron chi connectivity index (χ2n) is 7.55. The third kappa shape index (κ3) is 3.98. The Morgan fingerprint density at radius 3 is 2.73 bits per heavy atom. The molecule has 1 aromatic carbocycles. The molecule has 1 N–H and O–H groups in total. The number of hydrogen-bond acceptors (Lipinski definition) is 5.